The second-order valence-electron chi connectivity index (χ2n) is 11.3. The average molecular weight is 577 g/mol. The van der Waals surface area contributed by atoms with Crippen molar-refractivity contribution >= 4 is 50.9 Å². The Balaban J connectivity index is 1.20. The van der Waals surface area contributed by atoms with Crippen molar-refractivity contribution in [2.45, 2.75) is 44.1 Å². The lowest BCUT2D eigenvalue weighted by molar-refractivity contribution is 0.0299. The molecule has 7 rings (SSSR count). The number of aromatic nitrogens is 2. The first-order valence-corrected chi connectivity index (χ1v) is 15.0. The Morgan fingerprint density at radius 1 is 1.00 bits per heavy atom. The van der Waals surface area contributed by atoms with Gasteiger partial charge in [-0.05, 0) is 61.6 Å². The van der Waals surface area contributed by atoms with Gasteiger partial charge < -0.3 is 34.3 Å². The van der Waals surface area contributed by atoms with E-state index >= 15 is 0 Å². The molecule has 41 heavy (non-hydrogen) atoms. The van der Waals surface area contributed by atoms with Gasteiger partial charge in [0.2, 0.25) is 0 Å². The third-order valence-corrected chi connectivity index (χ3v) is 9.03. The van der Waals surface area contributed by atoms with Crippen molar-refractivity contribution in [1.82, 2.24) is 14.9 Å². The van der Waals surface area contributed by atoms with Crippen molar-refractivity contribution in [2.75, 3.05) is 43.6 Å². The monoisotopic (exact) mass is 576 g/mol. The van der Waals surface area contributed by atoms with E-state index in [9.17, 15) is 14.7 Å². The molecule has 3 aliphatic rings. The zero-order chi connectivity index (χ0) is 28.1. The van der Waals surface area contributed by atoms with E-state index < -0.39 is 0 Å². The maximum Gasteiger partial charge on any atom is 0.274 e. The average Bonchev–Trinajstić information content (AvgIpc) is 3.72. The second kappa shape index (κ2) is 10.6. The molecule has 3 N–H and O–H groups in total. The van der Waals surface area contributed by atoms with Crippen LogP contribution >= 0.6 is 11.6 Å². The van der Waals surface area contributed by atoms with Crippen LogP contribution in [0.25, 0.3) is 21.8 Å². The fourth-order valence-corrected chi connectivity index (χ4v) is 6.79. The number of hydrogen-bond donors (Lipinski definition) is 3. The number of carbonyl (C=O) groups is 2. The number of nitrogens with zero attached hydrogens (tertiary/aromatic N) is 2. The summed E-state index contributed by atoms with van der Waals surface area (Å²) in [6.07, 6.45) is 6.08. The number of carbonyl (C=O) groups excluding carboxylic acids is 2. The summed E-state index contributed by atoms with van der Waals surface area (Å²) in [6, 6.07) is 11.1. The van der Waals surface area contributed by atoms with Crippen molar-refractivity contribution in [3.05, 3.63) is 53.3 Å². The quantitative estimate of drug-likeness (QED) is 0.271. The maximum atomic E-state index is 13.9. The number of alkyl halides is 1. The van der Waals surface area contributed by atoms with Crippen LogP contribution in [0.15, 0.2) is 36.4 Å². The number of halogens is 1. The summed E-state index contributed by atoms with van der Waals surface area (Å²) in [4.78, 5) is 36.8. The molecule has 0 spiro atoms. The molecule has 0 radical (unpaired) electrons. The SMILES string of the molecule is O=C(c1cc2c3c(cc(O)c2[nH]1)N(C(=O)c1cc2cc(OC4CCCCC4)ccc2[nH]1)C[C@H]3CCl)N1CCOCC1. The number of amides is 2. The lowest BCUT2D eigenvalue weighted by Crippen LogP contribution is -2.40. The Labute approximate surface area is 242 Å². The molecular formula is C31H33ClN4O5. The van der Waals surface area contributed by atoms with Crippen molar-refractivity contribution in [3.8, 4) is 11.5 Å². The lowest BCUT2D eigenvalue weighted by Gasteiger charge is -2.26. The van der Waals surface area contributed by atoms with Gasteiger partial charge in [0.25, 0.3) is 11.8 Å². The first kappa shape index (κ1) is 26.2. The van der Waals surface area contributed by atoms with Gasteiger partial charge in [-0.25, -0.2) is 0 Å². The number of benzene rings is 2. The summed E-state index contributed by atoms with van der Waals surface area (Å²) < 4.78 is 11.6. The Hall–Kier alpha value is -3.69. The second-order valence-corrected chi connectivity index (χ2v) is 11.6. The van der Waals surface area contributed by atoms with Crippen molar-refractivity contribution in [2.24, 2.45) is 0 Å². The van der Waals surface area contributed by atoms with Gasteiger partial charge in [-0.15, -0.1) is 11.6 Å². The number of phenolic OH excluding ortho intramolecular Hbond substituents is 1. The van der Waals surface area contributed by atoms with E-state index in [-0.39, 0.29) is 29.6 Å². The van der Waals surface area contributed by atoms with E-state index in [2.05, 4.69) is 9.97 Å². The number of hydrogen-bond acceptors (Lipinski definition) is 5. The number of aromatic amines is 2. The van der Waals surface area contributed by atoms with Crippen LogP contribution in [0.4, 0.5) is 5.69 Å². The number of ether oxygens (including phenoxy) is 2. The first-order chi connectivity index (χ1) is 20.0. The van der Waals surface area contributed by atoms with Crippen molar-refractivity contribution < 1.29 is 24.2 Å². The molecule has 214 valence electrons. The molecule has 2 fully saturated rings. The van der Waals surface area contributed by atoms with Gasteiger partial charge in [-0.1, -0.05) is 6.42 Å². The van der Waals surface area contributed by atoms with E-state index in [1.807, 2.05) is 24.3 Å². The molecule has 4 aromatic rings. The van der Waals surface area contributed by atoms with Crippen LogP contribution in [0.2, 0.25) is 0 Å². The Bertz CT molecular complexity index is 1630. The minimum absolute atomic E-state index is 0.0195. The number of aromatic hydroxyl groups is 1. The van der Waals surface area contributed by atoms with Gasteiger partial charge in [0, 0.05) is 53.8 Å². The largest absolute Gasteiger partial charge is 0.506 e. The molecule has 2 aromatic carbocycles. The number of anilines is 1. The Kier molecular flexibility index (Phi) is 6.79. The fraction of sp³-hybridized carbons (Fsp3) is 0.419. The van der Waals surface area contributed by atoms with E-state index in [1.54, 1.807) is 21.9 Å². The van der Waals surface area contributed by atoms with Gasteiger partial charge in [0.05, 0.1) is 30.5 Å². The third kappa shape index (κ3) is 4.71. The molecule has 9 nitrogen and oxygen atoms in total. The zero-order valence-corrected chi connectivity index (χ0v) is 23.5. The van der Waals surface area contributed by atoms with Gasteiger partial charge in [0.1, 0.15) is 22.9 Å². The third-order valence-electron chi connectivity index (χ3n) is 8.65. The smallest absolute Gasteiger partial charge is 0.274 e. The van der Waals surface area contributed by atoms with E-state index in [1.165, 1.54) is 19.3 Å². The molecular weight excluding hydrogens is 544 g/mol. The number of phenols is 1. The van der Waals surface area contributed by atoms with Crippen LogP contribution in [0.1, 0.15) is 64.6 Å². The predicted octanol–water partition coefficient (Wildman–Crippen LogP) is 5.52. The molecule has 1 aliphatic carbocycles. The van der Waals surface area contributed by atoms with Crippen LogP contribution in [0, 0.1) is 0 Å². The first-order valence-electron chi connectivity index (χ1n) is 14.4. The Morgan fingerprint density at radius 3 is 2.56 bits per heavy atom. The van der Waals surface area contributed by atoms with Crippen molar-refractivity contribution in [3.63, 3.8) is 0 Å². The highest BCUT2D eigenvalue weighted by Gasteiger charge is 2.36. The van der Waals surface area contributed by atoms with E-state index in [0.29, 0.717) is 66.7 Å². The standard InChI is InChI=1S/C31H33ClN4O5/c32-16-19-17-36(31(39)24-13-18-12-21(6-7-23(18)33-24)41-20-4-2-1-3-5-20)26-15-27(37)29-22(28(19)26)14-25(34-29)30(38)35-8-10-40-11-9-35/h6-7,12-15,19-20,33-34,37H,1-5,8-11,16-17H2/t19-/m1/s1. The van der Waals surface area contributed by atoms with Crippen molar-refractivity contribution in [1.29, 1.82) is 0 Å². The number of fused-ring (bicyclic) bond motifs is 4. The molecule has 1 saturated heterocycles. The number of H-pyrrole nitrogens is 2. The molecule has 0 bridgehead atoms. The van der Waals surface area contributed by atoms with E-state index in [0.717, 1.165) is 35.1 Å². The summed E-state index contributed by atoms with van der Waals surface area (Å²) in [5, 5.41) is 12.6. The molecule has 0 unspecified atom stereocenters. The summed E-state index contributed by atoms with van der Waals surface area (Å²) in [7, 11) is 0. The van der Waals surface area contributed by atoms with Gasteiger partial charge >= 0.3 is 0 Å². The van der Waals surface area contributed by atoms with Crippen LogP contribution in [-0.2, 0) is 4.74 Å². The number of morpholine rings is 1. The molecule has 1 saturated carbocycles. The molecule has 10 heteroatoms. The fourth-order valence-electron chi connectivity index (χ4n) is 6.54. The predicted molar refractivity (Wildman–Crippen MR) is 158 cm³/mol. The lowest BCUT2D eigenvalue weighted by atomic mass is 9.98. The van der Waals surface area contributed by atoms with E-state index in [4.69, 9.17) is 21.1 Å². The normalized spacial score (nSPS) is 19.7. The minimum Gasteiger partial charge on any atom is -0.506 e. The summed E-state index contributed by atoms with van der Waals surface area (Å²) >= 11 is 6.42. The van der Waals surface area contributed by atoms with Crippen LogP contribution in [0.3, 0.4) is 0 Å². The van der Waals surface area contributed by atoms with Gasteiger partial charge in [-0.2, -0.15) is 0 Å². The topological polar surface area (TPSA) is 111 Å². The molecule has 2 aromatic heterocycles. The molecule has 2 aliphatic heterocycles. The van der Waals surface area contributed by atoms with Crippen LogP contribution < -0.4 is 9.64 Å². The molecule has 2 amide bonds. The van der Waals surface area contributed by atoms with Gasteiger partial charge in [0.15, 0.2) is 0 Å². The number of rotatable bonds is 5. The molecule has 4 heterocycles. The highest BCUT2D eigenvalue weighted by atomic mass is 35.5. The maximum absolute atomic E-state index is 13.9. The van der Waals surface area contributed by atoms with Gasteiger partial charge in [-0.3, -0.25) is 9.59 Å². The zero-order valence-electron chi connectivity index (χ0n) is 22.7. The Morgan fingerprint density at radius 2 is 1.78 bits per heavy atom. The molecule has 1 atom stereocenters. The van der Waals surface area contributed by atoms with Crippen LogP contribution in [-0.4, -0.2) is 76.6 Å². The summed E-state index contributed by atoms with van der Waals surface area (Å²) in [6.45, 7) is 2.41. The minimum atomic E-state index is -0.205. The summed E-state index contributed by atoms with van der Waals surface area (Å²) in [5.74, 6) is 0.594. The highest BCUT2D eigenvalue weighted by molar-refractivity contribution is 6.19. The number of nitrogens with one attached hydrogen (secondary N) is 2. The highest BCUT2D eigenvalue weighted by Crippen LogP contribution is 2.46. The van der Waals surface area contributed by atoms with Crippen LogP contribution in [0.5, 0.6) is 11.5 Å². The summed E-state index contributed by atoms with van der Waals surface area (Å²) in [5.41, 5.74) is 3.64.